The summed E-state index contributed by atoms with van der Waals surface area (Å²) in [6.45, 7) is 1.92. The number of carbonyl (C=O) groups is 3. The van der Waals surface area contributed by atoms with Gasteiger partial charge >= 0.3 is 12.1 Å². The summed E-state index contributed by atoms with van der Waals surface area (Å²) >= 11 is 0. The highest BCUT2D eigenvalue weighted by atomic mass is 16.5. The number of ether oxygens (including phenoxy) is 1. The quantitative estimate of drug-likeness (QED) is 0.713. The lowest BCUT2D eigenvalue weighted by atomic mass is 9.98. The number of amides is 2. The smallest absolute Gasteiger partial charge is 0.407 e. The summed E-state index contributed by atoms with van der Waals surface area (Å²) in [4.78, 5) is 38.0. The van der Waals surface area contributed by atoms with E-state index in [1.807, 2.05) is 36.4 Å². The van der Waals surface area contributed by atoms with Crippen LogP contribution in [0.4, 0.5) is 4.79 Å². The summed E-state index contributed by atoms with van der Waals surface area (Å²) in [5.74, 6) is -1.51. The summed E-state index contributed by atoms with van der Waals surface area (Å²) in [5.41, 5.74) is 3.35. The van der Waals surface area contributed by atoms with Gasteiger partial charge in [-0.05, 0) is 41.5 Å². The topological polar surface area (TPSA) is 95.9 Å². The van der Waals surface area contributed by atoms with E-state index >= 15 is 0 Å². The monoisotopic (exact) mass is 422 g/mol. The van der Waals surface area contributed by atoms with Crippen LogP contribution in [0.25, 0.3) is 11.1 Å². The fourth-order valence-corrected chi connectivity index (χ4v) is 4.38. The molecule has 4 rings (SSSR count). The number of nitrogens with one attached hydrogen (secondary N) is 1. The minimum Gasteiger partial charge on any atom is -0.479 e. The maximum atomic E-state index is 12.8. The van der Waals surface area contributed by atoms with Crippen LogP contribution in [0.15, 0.2) is 48.5 Å². The zero-order valence-electron chi connectivity index (χ0n) is 17.6. The molecule has 1 fully saturated rings. The van der Waals surface area contributed by atoms with E-state index in [9.17, 15) is 19.5 Å². The van der Waals surface area contributed by atoms with Crippen LogP contribution in [-0.4, -0.2) is 53.2 Å². The van der Waals surface area contributed by atoms with Gasteiger partial charge < -0.3 is 20.1 Å². The molecule has 2 aliphatic carbocycles. The molecule has 162 valence electrons. The fourth-order valence-electron chi connectivity index (χ4n) is 4.38. The van der Waals surface area contributed by atoms with Gasteiger partial charge in [-0.2, -0.15) is 0 Å². The third kappa shape index (κ3) is 3.65. The maximum Gasteiger partial charge on any atom is 0.407 e. The van der Waals surface area contributed by atoms with Crippen LogP contribution in [0.2, 0.25) is 0 Å². The normalized spacial score (nSPS) is 16.6. The molecule has 0 aromatic heterocycles. The minimum absolute atomic E-state index is 0.0710. The van der Waals surface area contributed by atoms with Crippen molar-refractivity contribution in [3.8, 4) is 11.1 Å². The van der Waals surface area contributed by atoms with Crippen molar-refractivity contribution in [2.75, 3.05) is 13.7 Å². The second-order valence-electron chi connectivity index (χ2n) is 8.16. The van der Waals surface area contributed by atoms with E-state index in [-0.39, 0.29) is 12.5 Å². The van der Waals surface area contributed by atoms with Crippen LogP contribution in [0.3, 0.4) is 0 Å². The van der Waals surface area contributed by atoms with Crippen molar-refractivity contribution in [1.82, 2.24) is 10.2 Å². The molecule has 1 saturated carbocycles. The zero-order valence-corrected chi connectivity index (χ0v) is 17.6. The van der Waals surface area contributed by atoms with Gasteiger partial charge in [-0.1, -0.05) is 55.5 Å². The Morgan fingerprint density at radius 1 is 1.10 bits per heavy atom. The van der Waals surface area contributed by atoms with E-state index < -0.39 is 29.6 Å². The first kappa shape index (κ1) is 20.9. The first-order valence-electron chi connectivity index (χ1n) is 10.5. The predicted molar refractivity (Wildman–Crippen MR) is 115 cm³/mol. The van der Waals surface area contributed by atoms with Gasteiger partial charge in [0.25, 0.3) is 0 Å². The number of likely N-dealkylation sites (N-methyl/N-ethyl adjacent to an activating group) is 1. The molecule has 2 amide bonds. The zero-order chi connectivity index (χ0) is 22.2. The molecule has 0 radical (unpaired) electrons. The van der Waals surface area contributed by atoms with Crippen molar-refractivity contribution < 1.29 is 24.2 Å². The number of carboxylic acid groups (broad SMARTS) is 1. The largest absolute Gasteiger partial charge is 0.479 e. The second kappa shape index (κ2) is 8.06. The number of rotatable bonds is 7. The van der Waals surface area contributed by atoms with Crippen molar-refractivity contribution in [2.24, 2.45) is 0 Å². The highest BCUT2D eigenvalue weighted by Crippen LogP contribution is 2.44. The lowest BCUT2D eigenvalue weighted by molar-refractivity contribution is -0.151. The molecule has 7 heteroatoms. The number of benzene rings is 2. The van der Waals surface area contributed by atoms with Gasteiger partial charge in [-0.25, -0.2) is 9.59 Å². The van der Waals surface area contributed by atoms with E-state index in [0.29, 0.717) is 19.3 Å². The van der Waals surface area contributed by atoms with Crippen LogP contribution >= 0.6 is 0 Å². The van der Waals surface area contributed by atoms with Gasteiger partial charge in [0, 0.05) is 13.0 Å². The Hall–Kier alpha value is -3.35. The molecule has 7 nitrogen and oxygen atoms in total. The molecule has 2 aliphatic rings. The molecule has 0 heterocycles. The van der Waals surface area contributed by atoms with Gasteiger partial charge in [0.2, 0.25) is 5.91 Å². The lowest BCUT2D eigenvalue weighted by Crippen LogP contribution is -2.53. The number of alkyl carbamates (subject to hydrolysis) is 1. The maximum absolute atomic E-state index is 12.8. The molecule has 0 aliphatic heterocycles. The van der Waals surface area contributed by atoms with E-state index in [1.54, 1.807) is 6.92 Å². The Bertz CT molecular complexity index is 985. The molecule has 1 unspecified atom stereocenters. The highest BCUT2D eigenvalue weighted by Gasteiger charge is 2.56. The van der Waals surface area contributed by atoms with Crippen molar-refractivity contribution >= 4 is 18.0 Å². The molecule has 2 aromatic rings. The van der Waals surface area contributed by atoms with E-state index in [1.165, 1.54) is 11.9 Å². The standard InChI is InChI=1S/C24H26N2O5/c1-3-20(21(27)26(2)24(12-13-24)22(28)29)25-23(30)31-14-19-17-10-6-4-8-15(17)16-9-5-7-11-18(16)19/h4-11,19-20H,3,12-14H2,1-2H3,(H,25,30)(H,28,29). The third-order valence-corrected chi connectivity index (χ3v) is 6.44. The van der Waals surface area contributed by atoms with Crippen molar-refractivity contribution in [1.29, 1.82) is 0 Å². The molecule has 2 N–H and O–H groups in total. The molecular formula is C24H26N2O5. The third-order valence-electron chi connectivity index (χ3n) is 6.44. The van der Waals surface area contributed by atoms with Gasteiger partial charge in [-0.3, -0.25) is 4.79 Å². The molecule has 2 aromatic carbocycles. The summed E-state index contributed by atoms with van der Waals surface area (Å²) in [6, 6.07) is 15.3. The van der Waals surface area contributed by atoms with Crippen molar-refractivity contribution in [3.63, 3.8) is 0 Å². The summed E-state index contributed by atoms with van der Waals surface area (Å²) in [6.07, 6.45) is 0.497. The van der Waals surface area contributed by atoms with E-state index in [4.69, 9.17) is 4.74 Å². The molecular weight excluding hydrogens is 396 g/mol. The molecule has 31 heavy (non-hydrogen) atoms. The summed E-state index contributed by atoms with van der Waals surface area (Å²) in [7, 11) is 1.48. The average molecular weight is 422 g/mol. The Morgan fingerprint density at radius 2 is 1.65 bits per heavy atom. The number of aliphatic carboxylic acids is 1. The Labute approximate surface area is 181 Å². The Balaban J connectivity index is 1.41. The Kier molecular flexibility index (Phi) is 5.43. The van der Waals surface area contributed by atoms with Crippen molar-refractivity contribution in [2.45, 2.75) is 43.7 Å². The molecule has 0 bridgehead atoms. The number of carboxylic acids is 1. The van der Waals surface area contributed by atoms with Gasteiger partial charge in [0.1, 0.15) is 18.2 Å². The van der Waals surface area contributed by atoms with Gasteiger partial charge in [-0.15, -0.1) is 0 Å². The van der Waals surface area contributed by atoms with Crippen molar-refractivity contribution in [3.05, 3.63) is 59.7 Å². The van der Waals surface area contributed by atoms with Crippen LogP contribution in [0.1, 0.15) is 43.2 Å². The van der Waals surface area contributed by atoms with Crippen LogP contribution in [-0.2, 0) is 14.3 Å². The minimum atomic E-state index is -1.15. The molecule has 0 spiro atoms. The number of hydrogen-bond acceptors (Lipinski definition) is 4. The first-order valence-corrected chi connectivity index (χ1v) is 10.5. The number of nitrogens with zero attached hydrogens (tertiary/aromatic N) is 1. The van der Waals surface area contributed by atoms with Gasteiger partial charge in [0.05, 0.1) is 0 Å². The second-order valence-corrected chi connectivity index (χ2v) is 8.16. The first-order chi connectivity index (χ1) is 14.9. The fraction of sp³-hybridized carbons (Fsp3) is 0.375. The van der Waals surface area contributed by atoms with E-state index in [0.717, 1.165) is 22.3 Å². The van der Waals surface area contributed by atoms with Crippen LogP contribution in [0, 0.1) is 0 Å². The average Bonchev–Trinajstić information content (AvgIpc) is 3.54. The van der Waals surface area contributed by atoms with E-state index in [2.05, 4.69) is 17.4 Å². The number of carbonyl (C=O) groups excluding carboxylic acids is 2. The number of hydrogen-bond donors (Lipinski definition) is 2. The molecule has 1 atom stereocenters. The number of fused-ring (bicyclic) bond motifs is 3. The summed E-state index contributed by atoms with van der Waals surface area (Å²) in [5, 5.41) is 12.0. The lowest BCUT2D eigenvalue weighted by Gasteiger charge is -2.28. The molecule has 0 saturated heterocycles. The predicted octanol–water partition coefficient (Wildman–Crippen LogP) is 3.38. The van der Waals surface area contributed by atoms with Crippen LogP contribution < -0.4 is 5.32 Å². The SMILES string of the molecule is CCC(NC(=O)OCC1c2ccccc2-c2ccccc21)C(=O)N(C)C1(C(=O)O)CC1. The Morgan fingerprint density at radius 3 is 2.13 bits per heavy atom. The van der Waals surface area contributed by atoms with Crippen LogP contribution in [0.5, 0.6) is 0 Å². The van der Waals surface area contributed by atoms with Gasteiger partial charge in [0.15, 0.2) is 0 Å². The highest BCUT2D eigenvalue weighted by molar-refractivity contribution is 5.93. The summed E-state index contributed by atoms with van der Waals surface area (Å²) < 4.78 is 5.51.